The number of thiophene rings is 1. The van der Waals surface area contributed by atoms with Gasteiger partial charge in [0.25, 0.3) is 0 Å². The summed E-state index contributed by atoms with van der Waals surface area (Å²) in [5.74, 6) is 0.833. The molecule has 0 aromatic carbocycles. The van der Waals surface area contributed by atoms with Crippen molar-refractivity contribution in [1.82, 2.24) is 10.1 Å². The lowest BCUT2D eigenvalue weighted by Crippen LogP contribution is -2.36. The Hall–Kier alpha value is -0.690. The van der Waals surface area contributed by atoms with Crippen molar-refractivity contribution in [2.75, 3.05) is 7.05 Å². The van der Waals surface area contributed by atoms with Crippen LogP contribution in [0.1, 0.15) is 29.3 Å². The van der Waals surface area contributed by atoms with Crippen molar-refractivity contribution in [3.63, 3.8) is 0 Å². The number of nitrogens with two attached hydrogens (primary N) is 1. The molecular formula is C13H18BrN3OS. The highest BCUT2D eigenvalue weighted by molar-refractivity contribution is 9.10. The molecule has 0 fully saturated rings. The van der Waals surface area contributed by atoms with Crippen molar-refractivity contribution in [3.8, 4) is 0 Å². The molecule has 0 spiro atoms. The zero-order chi connectivity index (χ0) is 14.0. The van der Waals surface area contributed by atoms with Crippen LogP contribution in [0.4, 0.5) is 0 Å². The van der Waals surface area contributed by atoms with Crippen LogP contribution >= 0.6 is 27.3 Å². The third-order valence-corrected chi connectivity index (χ3v) is 4.70. The van der Waals surface area contributed by atoms with Gasteiger partial charge in [-0.3, -0.25) is 4.90 Å². The van der Waals surface area contributed by atoms with Crippen LogP contribution in [0.15, 0.2) is 26.5 Å². The van der Waals surface area contributed by atoms with Crippen LogP contribution in [-0.2, 0) is 6.54 Å². The fourth-order valence-electron chi connectivity index (χ4n) is 2.21. The van der Waals surface area contributed by atoms with Crippen LogP contribution in [0.5, 0.6) is 0 Å². The normalized spacial score (nSPS) is 14.8. The molecule has 19 heavy (non-hydrogen) atoms. The molecule has 0 aliphatic heterocycles. The lowest BCUT2D eigenvalue weighted by molar-refractivity contribution is 0.208. The summed E-state index contributed by atoms with van der Waals surface area (Å²) in [5, 5.41) is 6.12. The topological polar surface area (TPSA) is 55.3 Å². The standard InChI is InChI=1S/C13H18BrN3OS/c1-8-4-11(16-18-8)6-17(3)13(9(2)15)12-5-10(14)7-19-12/h4-5,7,9,13H,6,15H2,1-3H3. The van der Waals surface area contributed by atoms with E-state index in [0.717, 1.165) is 22.5 Å². The van der Waals surface area contributed by atoms with E-state index in [2.05, 4.69) is 44.5 Å². The Labute approximate surface area is 125 Å². The number of hydrogen-bond donors (Lipinski definition) is 1. The van der Waals surface area contributed by atoms with Gasteiger partial charge in [-0.15, -0.1) is 11.3 Å². The van der Waals surface area contributed by atoms with Gasteiger partial charge in [0, 0.05) is 33.4 Å². The average molecular weight is 344 g/mol. The number of nitrogens with zero attached hydrogens (tertiary/aromatic N) is 2. The minimum Gasteiger partial charge on any atom is -0.361 e. The van der Waals surface area contributed by atoms with Gasteiger partial charge in [0.05, 0.1) is 11.7 Å². The van der Waals surface area contributed by atoms with Crippen LogP contribution in [0.3, 0.4) is 0 Å². The summed E-state index contributed by atoms with van der Waals surface area (Å²) < 4.78 is 6.20. The predicted molar refractivity (Wildman–Crippen MR) is 81.1 cm³/mol. The van der Waals surface area contributed by atoms with E-state index >= 15 is 0 Å². The van der Waals surface area contributed by atoms with E-state index in [4.69, 9.17) is 10.3 Å². The zero-order valence-corrected chi connectivity index (χ0v) is 13.7. The minimum atomic E-state index is 0.0450. The van der Waals surface area contributed by atoms with Gasteiger partial charge >= 0.3 is 0 Å². The summed E-state index contributed by atoms with van der Waals surface area (Å²) >= 11 is 5.21. The van der Waals surface area contributed by atoms with Gasteiger partial charge in [-0.2, -0.15) is 0 Å². The van der Waals surface area contributed by atoms with Gasteiger partial charge in [-0.25, -0.2) is 0 Å². The van der Waals surface area contributed by atoms with Gasteiger partial charge in [-0.05, 0) is 42.9 Å². The molecule has 0 saturated heterocycles. The second kappa shape index (κ2) is 6.17. The Morgan fingerprint density at radius 2 is 2.26 bits per heavy atom. The van der Waals surface area contributed by atoms with Crippen LogP contribution in [0.25, 0.3) is 0 Å². The largest absolute Gasteiger partial charge is 0.361 e. The molecule has 0 aliphatic rings. The van der Waals surface area contributed by atoms with Crippen LogP contribution in [-0.4, -0.2) is 23.1 Å². The monoisotopic (exact) mass is 343 g/mol. The van der Waals surface area contributed by atoms with Crippen molar-refractivity contribution in [3.05, 3.63) is 38.3 Å². The first kappa shape index (κ1) is 14.7. The van der Waals surface area contributed by atoms with E-state index in [-0.39, 0.29) is 12.1 Å². The van der Waals surface area contributed by atoms with Crippen molar-refractivity contribution in [2.45, 2.75) is 32.5 Å². The zero-order valence-electron chi connectivity index (χ0n) is 11.3. The Kier molecular flexibility index (Phi) is 4.78. The van der Waals surface area contributed by atoms with Crippen molar-refractivity contribution in [2.24, 2.45) is 5.73 Å². The number of aromatic nitrogens is 1. The summed E-state index contributed by atoms with van der Waals surface area (Å²) in [6.45, 7) is 4.65. The second-order valence-corrected chi connectivity index (χ2v) is 6.67. The fourth-order valence-corrected chi connectivity index (χ4v) is 3.93. The van der Waals surface area contributed by atoms with E-state index < -0.39 is 0 Å². The molecule has 0 amide bonds. The summed E-state index contributed by atoms with van der Waals surface area (Å²) in [7, 11) is 2.06. The Morgan fingerprint density at radius 1 is 1.53 bits per heavy atom. The molecule has 6 heteroatoms. The molecule has 2 heterocycles. The molecule has 0 bridgehead atoms. The molecule has 4 nitrogen and oxygen atoms in total. The number of rotatable bonds is 5. The smallest absolute Gasteiger partial charge is 0.133 e. The van der Waals surface area contributed by atoms with E-state index in [1.165, 1.54) is 4.88 Å². The minimum absolute atomic E-state index is 0.0450. The Bertz CT molecular complexity index is 537. The van der Waals surface area contributed by atoms with Gasteiger partial charge in [-0.1, -0.05) is 5.16 Å². The van der Waals surface area contributed by atoms with E-state index in [1.807, 2.05) is 19.9 Å². The molecule has 2 rings (SSSR count). The second-order valence-electron chi connectivity index (χ2n) is 4.82. The van der Waals surface area contributed by atoms with Gasteiger partial charge in [0.2, 0.25) is 0 Å². The summed E-state index contributed by atoms with van der Waals surface area (Å²) in [6, 6.07) is 4.30. The maximum absolute atomic E-state index is 6.14. The van der Waals surface area contributed by atoms with Gasteiger partial charge in [0.15, 0.2) is 0 Å². The quantitative estimate of drug-likeness (QED) is 0.904. The lowest BCUT2D eigenvalue weighted by Gasteiger charge is -2.29. The average Bonchev–Trinajstić information content (AvgIpc) is 2.88. The van der Waals surface area contributed by atoms with E-state index in [1.54, 1.807) is 11.3 Å². The number of halogens is 1. The maximum atomic E-state index is 6.14. The third kappa shape index (κ3) is 3.66. The van der Waals surface area contributed by atoms with E-state index in [9.17, 15) is 0 Å². The molecule has 0 aliphatic carbocycles. The molecular weight excluding hydrogens is 326 g/mol. The van der Waals surface area contributed by atoms with E-state index in [0.29, 0.717) is 0 Å². The molecule has 2 aromatic rings. The number of hydrogen-bond acceptors (Lipinski definition) is 5. The third-order valence-electron chi connectivity index (χ3n) is 2.94. The molecule has 104 valence electrons. The highest BCUT2D eigenvalue weighted by Gasteiger charge is 2.23. The SMILES string of the molecule is Cc1cc(CN(C)C(c2cc(Br)cs2)C(C)N)no1. The first-order chi connectivity index (χ1) is 8.97. The first-order valence-corrected chi connectivity index (χ1v) is 7.76. The summed E-state index contributed by atoms with van der Waals surface area (Å²) in [4.78, 5) is 3.46. The van der Waals surface area contributed by atoms with Crippen molar-refractivity contribution in [1.29, 1.82) is 0 Å². The lowest BCUT2D eigenvalue weighted by atomic mass is 10.1. The molecule has 0 radical (unpaired) electrons. The Balaban J connectivity index is 2.15. The maximum Gasteiger partial charge on any atom is 0.133 e. The summed E-state index contributed by atoms with van der Waals surface area (Å²) in [5.41, 5.74) is 7.08. The molecule has 2 atom stereocenters. The Morgan fingerprint density at radius 3 is 2.74 bits per heavy atom. The molecule has 0 saturated carbocycles. The van der Waals surface area contributed by atoms with Crippen LogP contribution < -0.4 is 5.73 Å². The first-order valence-electron chi connectivity index (χ1n) is 6.09. The summed E-state index contributed by atoms with van der Waals surface area (Å²) in [6.07, 6.45) is 0. The number of likely N-dealkylation sites (N-methyl/N-ethyl adjacent to an activating group) is 1. The molecule has 2 aromatic heterocycles. The molecule has 2 N–H and O–H groups in total. The molecule has 2 unspecified atom stereocenters. The van der Waals surface area contributed by atoms with Crippen LogP contribution in [0, 0.1) is 6.92 Å². The van der Waals surface area contributed by atoms with Crippen LogP contribution in [0.2, 0.25) is 0 Å². The van der Waals surface area contributed by atoms with Gasteiger partial charge in [0.1, 0.15) is 5.76 Å². The fraction of sp³-hybridized carbons (Fsp3) is 0.462. The highest BCUT2D eigenvalue weighted by atomic mass is 79.9. The number of aryl methyl sites for hydroxylation is 1. The predicted octanol–water partition coefficient (Wildman–Crippen LogP) is 3.33. The van der Waals surface area contributed by atoms with Crippen molar-refractivity contribution >= 4 is 27.3 Å². The van der Waals surface area contributed by atoms with Crippen molar-refractivity contribution < 1.29 is 4.52 Å². The van der Waals surface area contributed by atoms with Gasteiger partial charge < -0.3 is 10.3 Å². The highest BCUT2D eigenvalue weighted by Crippen LogP contribution is 2.31.